The number of nitrogens with one attached hydrogen (secondary N) is 1. The van der Waals surface area contributed by atoms with Gasteiger partial charge in [0.1, 0.15) is 0 Å². The molecule has 0 spiro atoms. The van der Waals surface area contributed by atoms with Gasteiger partial charge >= 0.3 is 0 Å². The van der Waals surface area contributed by atoms with Crippen LogP contribution < -0.4 is 5.32 Å². The van der Waals surface area contributed by atoms with Gasteiger partial charge in [-0.3, -0.25) is 0 Å². The number of hydrogen-bond donors (Lipinski definition) is 2. The van der Waals surface area contributed by atoms with Crippen molar-refractivity contribution < 1.29 is 5.11 Å². The molecular formula is C15H29NO. The normalized spacial score (nSPS) is 28.6. The molecular weight excluding hydrogens is 210 g/mol. The lowest BCUT2D eigenvalue weighted by molar-refractivity contribution is 0.0489. The summed E-state index contributed by atoms with van der Waals surface area (Å²) in [4.78, 5) is 0. The average molecular weight is 239 g/mol. The molecule has 0 aromatic rings. The molecule has 0 aromatic carbocycles. The molecule has 0 aromatic heterocycles. The lowest BCUT2D eigenvalue weighted by Crippen LogP contribution is -2.40. The lowest BCUT2D eigenvalue weighted by Gasteiger charge is -2.28. The molecule has 0 saturated heterocycles. The average Bonchev–Trinajstić information content (AvgIpc) is 2.15. The molecule has 0 amide bonds. The fraction of sp³-hybridized carbons (Fsp3) is 0.867. The van der Waals surface area contributed by atoms with E-state index in [2.05, 4.69) is 32.2 Å². The predicted octanol–water partition coefficient (Wildman–Crippen LogP) is 3.12. The smallest absolute Gasteiger partial charge is 0.0743 e. The van der Waals surface area contributed by atoms with Crippen LogP contribution in [-0.2, 0) is 0 Å². The summed E-state index contributed by atoms with van der Waals surface area (Å²) < 4.78 is 0. The largest absolute Gasteiger partial charge is 0.389 e. The Morgan fingerprint density at radius 1 is 1.53 bits per heavy atom. The van der Waals surface area contributed by atoms with Gasteiger partial charge in [-0.1, -0.05) is 31.9 Å². The molecule has 0 aliphatic heterocycles. The first-order chi connectivity index (χ1) is 7.93. The van der Waals surface area contributed by atoms with E-state index in [0.717, 1.165) is 25.3 Å². The van der Waals surface area contributed by atoms with E-state index in [9.17, 15) is 5.11 Å². The highest BCUT2D eigenvalue weighted by molar-refractivity contribution is 5.06. The maximum absolute atomic E-state index is 10.1. The number of allylic oxidation sites excluding steroid dienone is 2. The van der Waals surface area contributed by atoms with Gasteiger partial charge in [0, 0.05) is 6.54 Å². The van der Waals surface area contributed by atoms with Crippen LogP contribution >= 0.6 is 0 Å². The Labute approximate surface area is 106 Å². The van der Waals surface area contributed by atoms with E-state index in [0.29, 0.717) is 12.5 Å². The quantitative estimate of drug-likeness (QED) is 0.698. The van der Waals surface area contributed by atoms with Crippen molar-refractivity contribution in [2.75, 3.05) is 13.1 Å². The summed E-state index contributed by atoms with van der Waals surface area (Å²) in [6.45, 7) is 10.3. The van der Waals surface area contributed by atoms with E-state index in [1.807, 2.05) is 6.92 Å². The summed E-state index contributed by atoms with van der Waals surface area (Å²) in [6, 6.07) is 0. The van der Waals surface area contributed by atoms with Gasteiger partial charge < -0.3 is 10.4 Å². The first-order valence-corrected chi connectivity index (χ1v) is 7.03. The van der Waals surface area contributed by atoms with E-state index in [1.54, 1.807) is 0 Å². The molecule has 0 radical (unpaired) electrons. The zero-order valence-electron chi connectivity index (χ0n) is 11.9. The van der Waals surface area contributed by atoms with Gasteiger partial charge in [0.15, 0.2) is 0 Å². The fourth-order valence-corrected chi connectivity index (χ4v) is 3.01. The Morgan fingerprint density at radius 3 is 2.82 bits per heavy atom. The molecule has 1 aliphatic rings. The molecule has 1 rings (SSSR count). The first kappa shape index (κ1) is 14.7. The minimum Gasteiger partial charge on any atom is -0.389 e. The van der Waals surface area contributed by atoms with Crippen LogP contribution in [0.4, 0.5) is 0 Å². The zero-order chi connectivity index (χ0) is 12.9. The fourth-order valence-electron chi connectivity index (χ4n) is 3.01. The zero-order valence-corrected chi connectivity index (χ0v) is 11.9. The van der Waals surface area contributed by atoms with Crippen molar-refractivity contribution in [1.82, 2.24) is 5.32 Å². The summed E-state index contributed by atoms with van der Waals surface area (Å²) in [5.74, 6) is 1.46. The van der Waals surface area contributed by atoms with Gasteiger partial charge in [-0.25, -0.2) is 0 Å². The number of hydrogen-bond acceptors (Lipinski definition) is 2. The molecule has 0 bridgehead atoms. The van der Waals surface area contributed by atoms with Crippen molar-refractivity contribution in [2.24, 2.45) is 11.8 Å². The van der Waals surface area contributed by atoms with Gasteiger partial charge in [-0.05, 0) is 51.5 Å². The van der Waals surface area contributed by atoms with Crippen LogP contribution in [0.1, 0.15) is 53.4 Å². The topological polar surface area (TPSA) is 32.3 Å². The van der Waals surface area contributed by atoms with E-state index in [1.165, 1.54) is 18.4 Å². The van der Waals surface area contributed by atoms with Crippen molar-refractivity contribution in [1.29, 1.82) is 0 Å². The van der Waals surface area contributed by atoms with Crippen LogP contribution in [0.25, 0.3) is 0 Å². The highest BCUT2D eigenvalue weighted by Crippen LogP contribution is 2.27. The Morgan fingerprint density at radius 2 is 2.24 bits per heavy atom. The van der Waals surface area contributed by atoms with Crippen molar-refractivity contribution in [3.63, 3.8) is 0 Å². The summed E-state index contributed by atoms with van der Waals surface area (Å²) >= 11 is 0. The van der Waals surface area contributed by atoms with Crippen LogP contribution in [0.15, 0.2) is 11.6 Å². The number of rotatable bonds is 6. The van der Waals surface area contributed by atoms with Crippen LogP contribution in [0.2, 0.25) is 0 Å². The van der Waals surface area contributed by atoms with E-state index >= 15 is 0 Å². The second kappa shape index (κ2) is 6.55. The minimum atomic E-state index is -0.542. The Kier molecular flexibility index (Phi) is 5.68. The predicted molar refractivity (Wildman–Crippen MR) is 74.0 cm³/mol. The molecule has 1 aliphatic carbocycles. The summed E-state index contributed by atoms with van der Waals surface area (Å²) in [7, 11) is 0. The summed E-state index contributed by atoms with van der Waals surface area (Å²) in [5, 5.41) is 13.5. The van der Waals surface area contributed by atoms with Crippen LogP contribution in [0, 0.1) is 11.8 Å². The molecule has 0 saturated carbocycles. The Bertz CT molecular complexity index is 258. The lowest BCUT2D eigenvalue weighted by atomic mass is 9.83. The van der Waals surface area contributed by atoms with Crippen molar-refractivity contribution in [3.05, 3.63) is 11.6 Å². The highest BCUT2D eigenvalue weighted by Gasteiger charge is 2.21. The van der Waals surface area contributed by atoms with Gasteiger partial charge in [0.25, 0.3) is 0 Å². The summed E-state index contributed by atoms with van der Waals surface area (Å²) in [5.41, 5.74) is 0.982. The van der Waals surface area contributed by atoms with E-state index in [4.69, 9.17) is 0 Å². The molecule has 100 valence electrons. The van der Waals surface area contributed by atoms with Crippen molar-refractivity contribution in [3.8, 4) is 0 Å². The maximum Gasteiger partial charge on any atom is 0.0743 e. The molecule has 2 heteroatoms. The van der Waals surface area contributed by atoms with Gasteiger partial charge in [-0.15, -0.1) is 0 Å². The molecule has 0 heterocycles. The Balaban J connectivity index is 2.25. The molecule has 2 nitrogen and oxygen atoms in total. The standard InChI is InChI=1S/C15H29NO/c1-5-6-15(4,17)11-16-10-14-8-12(2)7-13(3)9-14/h7,12,14,16-17H,5-6,8-11H2,1-4H3. The van der Waals surface area contributed by atoms with Gasteiger partial charge in [-0.2, -0.15) is 0 Å². The van der Waals surface area contributed by atoms with E-state index < -0.39 is 5.60 Å². The van der Waals surface area contributed by atoms with Crippen LogP contribution in [0.3, 0.4) is 0 Å². The maximum atomic E-state index is 10.1. The first-order valence-electron chi connectivity index (χ1n) is 7.03. The van der Waals surface area contributed by atoms with Crippen LogP contribution in [-0.4, -0.2) is 23.8 Å². The third-order valence-electron chi connectivity index (χ3n) is 3.61. The second-order valence-electron chi connectivity index (χ2n) is 6.17. The highest BCUT2D eigenvalue weighted by atomic mass is 16.3. The molecule has 2 N–H and O–H groups in total. The third kappa shape index (κ3) is 5.69. The molecule has 3 unspecified atom stereocenters. The Hall–Kier alpha value is -0.340. The van der Waals surface area contributed by atoms with E-state index in [-0.39, 0.29) is 0 Å². The molecule has 17 heavy (non-hydrogen) atoms. The van der Waals surface area contributed by atoms with Crippen molar-refractivity contribution >= 4 is 0 Å². The monoisotopic (exact) mass is 239 g/mol. The molecule has 0 fully saturated rings. The van der Waals surface area contributed by atoms with Crippen LogP contribution in [0.5, 0.6) is 0 Å². The second-order valence-corrected chi connectivity index (χ2v) is 6.17. The van der Waals surface area contributed by atoms with Crippen molar-refractivity contribution in [2.45, 2.75) is 59.0 Å². The number of aliphatic hydroxyl groups is 1. The minimum absolute atomic E-state index is 0.542. The van der Waals surface area contributed by atoms with Gasteiger partial charge in [0.2, 0.25) is 0 Å². The van der Waals surface area contributed by atoms with Gasteiger partial charge in [0.05, 0.1) is 5.60 Å². The SMILES string of the molecule is CCCC(C)(O)CNCC1CC(C)=CC(C)C1. The third-order valence-corrected chi connectivity index (χ3v) is 3.61. The summed E-state index contributed by atoms with van der Waals surface area (Å²) in [6.07, 6.45) is 6.80. The molecule has 3 atom stereocenters.